The fourth-order valence-electron chi connectivity index (χ4n) is 4.33. The number of hydrogen-bond donors (Lipinski definition) is 2. The third kappa shape index (κ3) is 3.92. The van der Waals surface area contributed by atoms with Crippen molar-refractivity contribution < 1.29 is 23.4 Å². The molecule has 0 spiro atoms. The highest BCUT2D eigenvalue weighted by Crippen LogP contribution is 2.42. The highest BCUT2D eigenvalue weighted by molar-refractivity contribution is 7.89. The molecule has 0 radical (unpaired) electrons. The van der Waals surface area contributed by atoms with Crippen molar-refractivity contribution in [1.82, 2.24) is 4.31 Å². The van der Waals surface area contributed by atoms with E-state index in [0.29, 0.717) is 12.8 Å². The molecule has 0 atom stereocenters. The van der Waals surface area contributed by atoms with Crippen LogP contribution in [-0.2, 0) is 15.6 Å². The zero-order valence-corrected chi connectivity index (χ0v) is 18.3. The van der Waals surface area contributed by atoms with Gasteiger partial charge in [0, 0.05) is 13.1 Å². The molecule has 0 unspecified atom stereocenters. The van der Waals surface area contributed by atoms with Gasteiger partial charge in [-0.05, 0) is 41.3 Å². The second kappa shape index (κ2) is 8.55. The van der Waals surface area contributed by atoms with Gasteiger partial charge in [0.05, 0.1) is 0 Å². The number of carbonyl (C=O) groups is 1. The van der Waals surface area contributed by atoms with Gasteiger partial charge in [-0.15, -0.1) is 11.3 Å². The van der Waals surface area contributed by atoms with Crippen molar-refractivity contribution in [3.05, 3.63) is 88.1 Å². The minimum Gasteiger partial charge on any atom is -0.477 e. The highest BCUT2D eigenvalue weighted by Gasteiger charge is 2.43. The Kier molecular flexibility index (Phi) is 5.98. The first-order chi connectivity index (χ1) is 14.8. The van der Waals surface area contributed by atoms with Gasteiger partial charge in [-0.25, -0.2) is 13.2 Å². The molecule has 3 aromatic rings. The van der Waals surface area contributed by atoms with Crippen molar-refractivity contribution in [3.63, 3.8) is 0 Å². The van der Waals surface area contributed by atoms with Crippen LogP contribution in [0.3, 0.4) is 0 Å². The lowest BCUT2D eigenvalue weighted by Crippen LogP contribution is -2.46. The Balaban J connectivity index is 1.62. The third-order valence-electron chi connectivity index (χ3n) is 5.91. The first-order valence-electron chi connectivity index (χ1n) is 9.99. The molecule has 0 saturated carbocycles. The Hall–Kier alpha value is -2.52. The molecule has 1 aliphatic heterocycles. The normalized spacial score (nSPS) is 16.3. The highest BCUT2D eigenvalue weighted by atomic mass is 32.2. The summed E-state index contributed by atoms with van der Waals surface area (Å²) < 4.78 is 27.5. The lowest BCUT2D eigenvalue weighted by molar-refractivity contribution is -0.00530. The average molecular weight is 458 g/mol. The van der Waals surface area contributed by atoms with Gasteiger partial charge < -0.3 is 10.2 Å². The van der Waals surface area contributed by atoms with E-state index in [-0.39, 0.29) is 28.8 Å². The number of hydrogen-bond acceptors (Lipinski definition) is 5. The lowest BCUT2D eigenvalue weighted by Gasteiger charge is -2.42. The van der Waals surface area contributed by atoms with E-state index in [0.717, 1.165) is 22.5 Å². The zero-order chi connectivity index (χ0) is 22.1. The Labute approximate surface area is 185 Å². The molecule has 8 heteroatoms. The largest absolute Gasteiger partial charge is 0.477 e. The minimum atomic E-state index is -3.91. The minimum absolute atomic E-state index is 0.162. The van der Waals surface area contributed by atoms with Crippen LogP contribution >= 0.6 is 11.3 Å². The molecule has 6 nitrogen and oxygen atoms in total. The first-order valence-corrected chi connectivity index (χ1v) is 12.3. The molecule has 0 bridgehead atoms. The smallest absolute Gasteiger partial charge is 0.347 e. The summed E-state index contributed by atoms with van der Waals surface area (Å²) in [6.07, 6.45) is 0.901. The molecule has 0 aliphatic carbocycles. The molecule has 1 aliphatic rings. The van der Waals surface area contributed by atoms with Gasteiger partial charge in [0.2, 0.25) is 10.0 Å². The van der Waals surface area contributed by atoms with Crippen LogP contribution in [0.4, 0.5) is 0 Å². The molecule has 1 fully saturated rings. The van der Waals surface area contributed by atoms with E-state index >= 15 is 0 Å². The number of rotatable bonds is 6. The summed E-state index contributed by atoms with van der Waals surface area (Å²) in [5.41, 5.74) is 0.300. The number of piperidine rings is 1. The number of carboxylic acids is 1. The summed E-state index contributed by atoms with van der Waals surface area (Å²) in [7, 11) is -3.91. The van der Waals surface area contributed by atoms with Crippen LogP contribution in [0.2, 0.25) is 0 Å². The van der Waals surface area contributed by atoms with Crippen molar-refractivity contribution >= 4 is 27.3 Å². The van der Waals surface area contributed by atoms with Crippen LogP contribution in [0.25, 0.3) is 0 Å². The van der Waals surface area contributed by atoms with Crippen molar-refractivity contribution in [1.29, 1.82) is 0 Å². The summed E-state index contributed by atoms with van der Waals surface area (Å²) in [6.45, 7) is 0.424. The van der Waals surface area contributed by atoms with Crippen LogP contribution in [0.1, 0.15) is 33.6 Å². The predicted molar refractivity (Wildman–Crippen MR) is 119 cm³/mol. The number of benzene rings is 2. The number of aliphatic hydroxyl groups is 1. The second-order valence-electron chi connectivity index (χ2n) is 7.60. The van der Waals surface area contributed by atoms with Crippen LogP contribution < -0.4 is 0 Å². The van der Waals surface area contributed by atoms with E-state index in [9.17, 15) is 23.4 Å². The average Bonchev–Trinajstić information content (AvgIpc) is 3.31. The fraction of sp³-hybridized carbons (Fsp3) is 0.261. The van der Waals surface area contributed by atoms with Gasteiger partial charge in [-0.2, -0.15) is 4.31 Å². The van der Waals surface area contributed by atoms with E-state index in [1.807, 2.05) is 60.7 Å². The molecule has 2 aromatic carbocycles. The quantitative estimate of drug-likeness (QED) is 0.587. The molecule has 31 heavy (non-hydrogen) atoms. The van der Waals surface area contributed by atoms with Crippen molar-refractivity contribution in [2.45, 2.75) is 23.3 Å². The van der Waals surface area contributed by atoms with Gasteiger partial charge in [0.25, 0.3) is 0 Å². The maximum atomic E-state index is 13.1. The Morgan fingerprint density at radius 2 is 1.45 bits per heavy atom. The monoisotopic (exact) mass is 457 g/mol. The van der Waals surface area contributed by atoms with E-state index in [1.54, 1.807) is 0 Å². The van der Waals surface area contributed by atoms with Gasteiger partial charge >= 0.3 is 5.97 Å². The lowest BCUT2D eigenvalue weighted by atomic mass is 9.72. The van der Waals surface area contributed by atoms with Gasteiger partial charge in [-0.1, -0.05) is 60.7 Å². The number of aromatic carboxylic acids is 1. The number of carboxylic acid groups (broad SMARTS) is 1. The molecule has 1 aromatic heterocycles. The molecule has 2 heterocycles. The first kappa shape index (κ1) is 21.7. The molecule has 2 N–H and O–H groups in total. The molecule has 162 valence electrons. The van der Waals surface area contributed by atoms with Crippen molar-refractivity contribution in [2.24, 2.45) is 5.92 Å². The van der Waals surface area contributed by atoms with E-state index in [4.69, 9.17) is 0 Å². The number of sulfonamides is 1. The summed E-state index contributed by atoms with van der Waals surface area (Å²) in [5, 5.41) is 22.7. The van der Waals surface area contributed by atoms with E-state index in [2.05, 4.69) is 0 Å². The molecule has 0 amide bonds. The molecule has 1 saturated heterocycles. The van der Waals surface area contributed by atoms with Crippen LogP contribution in [-0.4, -0.2) is 42.0 Å². The van der Waals surface area contributed by atoms with Crippen molar-refractivity contribution in [2.75, 3.05) is 13.1 Å². The number of thiophene rings is 1. The summed E-state index contributed by atoms with van der Waals surface area (Å²) in [4.78, 5) is 11.1. The van der Waals surface area contributed by atoms with E-state index in [1.165, 1.54) is 15.8 Å². The summed E-state index contributed by atoms with van der Waals surface area (Å²) >= 11 is 0.903. The van der Waals surface area contributed by atoms with Crippen molar-refractivity contribution in [3.8, 4) is 0 Å². The van der Waals surface area contributed by atoms with Gasteiger partial charge in [0.1, 0.15) is 15.4 Å². The van der Waals surface area contributed by atoms with E-state index < -0.39 is 21.6 Å². The van der Waals surface area contributed by atoms with Crippen LogP contribution in [0.15, 0.2) is 77.0 Å². The molecule has 4 rings (SSSR count). The predicted octanol–water partition coefficient (Wildman–Crippen LogP) is 3.78. The maximum Gasteiger partial charge on any atom is 0.347 e. The summed E-state index contributed by atoms with van der Waals surface area (Å²) in [6, 6.07) is 20.2. The fourth-order valence-corrected chi connectivity index (χ4v) is 7.04. The van der Waals surface area contributed by atoms with Gasteiger partial charge in [-0.3, -0.25) is 0 Å². The maximum absolute atomic E-state index is 13.1. The Morgan fingerprint density at radius 3 is 1.94 bits per heavy atom. The number of nitrogens with zero attached hydrogens (tertiary/aromatic N) is 1. The topological polar surface area (TPSA) is 94.9 Å². The zero-order valence-electron chi connectivity index (χ0n) is 16.7. The third-order valence-corrected chi connectivity index (χ3v) is 8.89. The molecular weight excluding hydrogens is 434 g/mol. The summed E-state index contributed by atoms with van der Waals surface area (Å²) in [5.74, 6) is -1.43. The van der Waals surface area contributed by atoms with Crippen LogP contribution in [0, 0.1) is 5.92 Å². The molecular formula is C23H23NO5S2. The standard InChI is InChI=1S/C23H23NO5S2/c25-22(26)21-20(13-16-30-21)31(28,29)24-14-11-19(12-15-24)23(27,17-7-3-1-4-8-17)18-9-5-2-6-10-18/h1-10,13,16,19,27H,11-12,14-15H2,(H,25,26). The van der Waals surface area contributed by atoms with Gasteiger partial charge in [0.15, 0.2) is 0 Å². The Bertz CT molecular complexity index is 1110. The van der Waals surface area contributed by atoms with Crippen LogP contribution in [0.5, 0.6) is 0 Å². The Morgan fingerprint density at radius 1 is 0.935 bits per heavy atom. The SMILES string of the molecule is O=C(O)c1sccc1S(=O)(=O)N1CCC(C(O)(c2ccccc2)c2ccccc2)CC1. The second-order valence-corrected chi connectivity index (χ2v) is 10.4.